The van der Waals surface area contributed by atoms with Gasteiger partial charge in [-0.25, -0.2) is 9.18 Å². The fraction of sp³-hybridized carbons (Fsp3) is 0.286. The molecule has 2 aromatic rings. The summed E-state index contributed by atoms with van der Waals surface area (Å²) in [6, 6.07) is 5.01. The van der Waals surface area contributed by atoms with E-state index in [1.165, 1.54) is 22.8 Å². The van der Waals surface area contributed by atoms with Gasteiger partial charge in [0.2, 0.25) is 0 Å². The van der Waals surface area contributed by atoms with Gasteiger partial charge < -0.3 is 9.67 Å². The lowest BCUT2D eigenvalue weighted by Crippen LogP contribution is -2.21. The van der Waals surface area contributed by atoms with Crippen LogP contribution in [0, 0.1) is 5.82 Å². The third-order valence-electron chi connectivity index (χ3n) is 3.27. The number of halogens is 1. The van der Waals surface area contributed by atoms with Crippen LogP contribution in [0.3, 0.4) is 0 Å². The Morgan fingerprint density at radius 1 is 1.47 bits per heavy atom. The minimum Gasteiger partial charge on any atom is -0.477 e. The molecule has 0 aliphatic carbocycles. The molecule has 0 aliphatic heterocycles. The van der Waals surface area contributed by atoms with Crippen molar-refractivity contribution in [3.8, 4) is 0 Å². The van der Waals surface area contributed by atoms with Crippen LogP contribution >= 0.6 is 0 Å². The molecule has 1 atom stereocenters. The fourth-order valence-electron chi connectivity index (χ4n) is 2.16. The molecule has 0 aliphatic rings. The Labute approximate surface area is 109 Å². The molecule has 1 heterocycles. The Hall–Kier alpha value is -2.17. The van der Waals surface area contributed by atoms with Crippen LogP contribution < -0.4 is 5.43 Å². The molecule has 0 saturated heterocycles. The maximum absolute atomic E-state index is 14.0. The number of carboxylic acid groups (broad SMARTS) is 1. The summed E-state index contributed by atoms with van der Waals surface area (Å²) in [5, 5.41) is 9.40. The van der Waals surface area contributed by atoms with Crippen LogP contribution in [0.15, 0.2) is 29.1 Å². The standard InChI is InChI=1S/C14H14FNO3/c1-3-8(2)16-11(14(18)19)7-12(17)9-5-4-6-10(15)13(9)16/h4-8H,3H2,1-2H3,(H,18,19). The van der Waals surface area contributed by atoms with Crippen LogP contribution in [-0.2, 0) is 0 Å². The van der Waals surface area contributed by atoms with Crippen molar-refractivity contribution < 1.29 is 14.3 Å². The Kier molecular flexibility index (Phi) is 3.38. The number of aromatic carboxylic acids is 1. The average Bonchev–Trinajstić information content (AvgIpc) is 2.38. The highest BCUT2D eigenvalue weighted by atomic mass is 19.1. The van der Waals surface area contributed by atoms with E-state index in [4.69, 9.17) is 0 Å². The maximum atomic E-state index is 14.0. The predicted octanol–water partition coefficient (Wildman–Crippen LogP) is 2.81. The highest BCUT2D eigenvalue weighted by molar-refractivity contribution is 5.90. The number of rotatable bonds is 3. The van der Waals surface area contributed by atoms with Crippen LogP contribution in [0.5, 0.6) is 0 Å². The lowest BCUT2D eigenvalue weighted by Gasteiger charge is -2.20. The first-order valence-corrected chi connectivity index (χ1v) is 6.04. The van der Waals surface area contributed by atoms with Gasteiger partial charge in [0.15, 0.2) is 5.43 Å². The summed E-state index contributed by atoms with van der Waals surface area (Å²) in [7, 11) is 0. The number of hydrogen-bond donors (Lipinski definition) is 1. The SMILES string of the molecule is CCC(C)n1c(C(=O)O)cc(=O)c2cccc(F)c21. The van der Waals surface area contributed by atoms with E-state index in [-0.39, 0.29) is 22.6 Å². The quantitative estimate of drug-likeness (QED) is 0.926. The maximum Gasteiger partial charge on any atom is 0.352 e. The Balaban J connectivity index is 3.02. The molecule has 0 saturated carbocycles. The lowest BCUT2D eigenvalue weighted by molar-refractivity contribution is 0.0682. The van der Waals surface area contributed by atoms with Crippen LogP contribution in [0.4, 0.5) is 4.39 Å². The van der Waals surface area contributed by atoms with E-state index in [2.05, 4.69) is 0 Å². The smallest absolute Gasteiger partial charge is 0.352 e. The summed E-state index contributed by atoms with van der Waals surface area (Å²) < 4.78 is 15.4. The molecule has 0 amide bonds. The van der Waals surface area contributed by atoms with E-state index in [9.17, 15) is 19.1 Å². The Bertz CT molecular complexity index is 706. The van der Waals surface area contributed by atoms with Gasteiger partial charge in [0.1, 0.15) is 11.5 Å². The number of benzene rings is 1. The zero-order valence-electron chi connectivity index (χ0n) is 10.7. The largest absolute Gasteiger partial charge is 0.477 e. The third kappa shape index (κ3) is 2.12. The highest BCUT2D eigenvalue weighted by Gasteiger charge is 2.19. The van der Waals surface area contributed by atoms with E-state index in [1.807, 2.05) is 6.92 Å². The van der Waals surface area contributed by atoms with E-state index in [1.54, 1.807) is 6.92 Å². The molecule has 100 valence electrons. The molecule has 0 spiro atoms. The molecule has 0 bridgehead atoms. The number of para-hydroxylation sites is 1. The number of carboxylic acids is 1. The monoisotopic (exact) mass is 263 g/mol. The Morgan fingerprint density at radius 2 is 2.16 bits per heavy atom. The normalized spacial score (nSPS) is 12.6. The summed E-state index contributed by atoms with van der Waals surface area (Å²) >= 11 is 0. The van der Waals surface area contributed by atoms with Crippen LogP contribution in [0.25, 0.3) is 10.9 Å². The van der Waals surface area contributed by atoms with Gasteiger partial charge in [-0.3, -0.25) is 4.79 Å². The second-order valence-electron chi connectivity index (χ2n) is 4.46. The van der Waals surface area contributed by atoms with E-state index >= 15 is 0 Å². The molecule has 19 heavy (non-hydrogen) atoms. The van der Waals surface area contributed by atoms with E-state index in [0.29, 0.717) is 6.42 Å². The number of carbonyl (C=O) groups is 1. The zero-order valence-corrected chi connectivity index (χ0v) is 10.7. The van der Waals surface area contributed by atoms with Gasteiger partial charge >= 0.3 is 5.97 Å². The van der Waals surface area contributed by atoms with Crippen molar-refractivity contribution in [1.29, 1.82) is 0 Å². The van der Waals surface area contributed by atoms with E-state index < -0.39 is 17.2 Å². The van der Waals surface area contributed by atoms with Crippen molar-refractivity contribution in [2.45, 2.75) is 26.3 Å². The van der Waals surface area contributed by atoms with Gasteiger partial charge in [0, 0.05) is 17.5 Å². The van der Waals surface area contributed by atoms with Gasteiger partial charge in [-0.2, -0.15) is 0 Å². The molecule has 1 N–H and O–H groups in total. The first kappa shape index (κ1) is 13.3. The van der Waals surface area contributed by atoms with Gasteiger partial charge in [-0.05, 0) is 25.5 Å². The Morgan fingerprint density at radius 3 is 2.74 bits per heavy atom. The summed E-state index contributed by atoms with van der Waals surface area (Å²) in [6.07, 6.45) is 0.632. The fourth-order valence-corrected chi connectivity index (χ4v) is 2.16. The second kappa shape index (κ2) is 4.84. The number of nitrogens with zero attached hydrogens (tertiary/aromatic N) is 1. The first-order valence-electron chi connectivity index (χ1n) is 6.04. The van der Waals surface area contributed by atoms with Crippen LogP contribution in [0.1, 0.15) is 36.8 Å². The predicted molar refractivity (Wildman–Crippen MR) is 70.1 cm³/mol. The third-order valence-corrected chi connectivity index (χ3v) is 3.27. The van der Waals surface area contributed by atoms with Crippen molar-refractivity contribution in [2.75, 3.05) is 0 Å². The molecule has 1 unspecified atom stereocenters. The minimum atomic E-state index is -1.23. The topological polar surface area (TPSA) is 59.3 Å². The van der Waals surface area contributed by atoms with E-state index in [0.717, 1.165) is 6.07 Å². The van der Waals surface area contributed by atoms with Crippen molar-refractivity contribution in [1.82, 2.24) is 4.57 Å². The summed E-state index contributed by atoms with van der Waals surface area (Å²) in [5.74, 6) is -1.82. The highest BCUT2D eigenvalue weighted by Crippen LogP contribution is 2.23. The first-order chi connectivity index (χ1) is 8.97. The lowest BCUT2D eigenvalue weighted by atomic mass is 10.1. The molecule has 5 heteroatoms. The zero-order chi connectivity index (χ0) is 14.2. The molecular formula is C14H14FNO3. The van der Waals surface area contributed by atoms with Crippen molar-refractivity contribution in [3.05, 3.63) is 46.0 Å². The van der Waals surface area contributed by atoms with Gasteiger partial charge in [0.05, 0.1) is 5.52 Å². The second-order valence-corrected chi connectivity index (χ2v) is 4.46. The van der Waals surface area contributed by atoms with Gasteiger partial charge in [-0.1, -0.05) is 13.0 Å². The van der Waals surface area contributed by atoms with Gasteiger partial charge in [-0.15, -0.1) is 0 Å². The summed E-state index contributed by atoms with van der Waals surface area (Å²) in [4.78, 5) is 23.1. The summed E-state index contributed by atoms with van der Waals surface area (Å²) in [6.45, 7) is 3.67. The number of fused-ring (bicyclic) bond motifs is 1. The van der Waals surface area contributed by atoms with Crippen LogP contribution in [0.2, 0.25) is 0 Å². The van der Waals surface area contributed by atoms with Gasteiger partial charge in [0.25, 0.3) is 0 Å². The average molecular weight is 263 g/mol. The number of pyridine rings is 1. The molecule has 0 radical (unpaired) electrons. The molecule has 2 rings (SSSR count). The van der Waals surface area contributed by atoms with Crippen molar-refractivity contribution in [3.63, 3.8) is 0 Å². The molecule has 0 fully saturated rings. The number of hydrogen-bond acceptors (Lipinski definition) is 2. The van der Waals surface area contributed by atoms with Crippen molar-refractivity contribution in [2.24, 2.45) is 0 Å². The minimum absolute atomic E-state index is 0.0572. The summed E-state index contributed by atoms with van der Waals surface area (Å²) in [5.41, 5.74) is -0.606. The molecule has 1 aromatic heterocycles. The molecule has 4 nitrogen and oxygen atoms in total. The van der Waals surface area contributed by atoms with Crippen molar-refractivity contribution >= 4 is 16.9 Å². The number of aromatic nitrogens is 1. The van der Waals surface area contributed by atoms with Crippen LogP contribution in [-0.4, -0.2) is 15.6 Å². The molecular weight excluding hydrogens is 249 g/mol. The molecule has 1 aromatic carbocycles.